The molecule has 2 aromatic carbocycles. The largest absolute Gasteiger partial charge is 0.497 e. The number of nitrogens with zero attached hydrogens (tertiary/aromatic N) is 3. The second-order valence-electron chi connectivity index (χ2n) is 6.52. The number of hydrogen-bond acceptors (Lipinski definition) is 7. The Morgan fingerprint density at radius 1 is 1.21 bits per heavy atom. The number of anilines is 1. The first-order valence-corrected chi connectivity index (χ1v) is 9.18. The summed E-state index contributed by atoms with van der Waals surface area (Å²) < 4.78 is 15.6. The monoisotopic (exact) mass is 393 g/mol. The zero-order valence-electron chi connectivity index (χ0n) is 15.8. The van der Waals surface area contributed by atoms with Crippen LogP contribution in [-0.2, 0) is 16.1 Å². The molecule has 2 heterocycles. The van der Waals surface area contributed by atoms with Gasteiger partial charge in [-0.1, -0.05) is 17.3 Å². The van der Waals surface area contributed by atoms with E-state index in [1.807, 2.05) is 18.2 Å². The number of amides is 1. The van der Waals surface area contributed by atoms with Crippen LogP contribution in [0.15, 0.2) is 53.1 Å². The van der Waals surface area contributed by atoms with Crippen molar-refractivity contribution in [3.8, 4) is 17.1 Å². The number of esters is 1. The molecule has 0 atom stereocenters. The molecule has 0 bridgehead atoms. The van der Waals surface area contributed by atoms with E-state index in [1.165, 1.54) is 0 Å². The summed E-state index contributed by atoms with van der Waals surface area (Å²) in [6.07, 6.45) is 1.41. The lowest BCUT2D eigenvalue weighted by atomic mass is 10.2. The molecule has 0 N–H and O–H groups in total. The highest BCUT2D eigenvalue weighted by Gasteiger charge is 2.22. The number of hydrogen-bond donors (Lipinski definition) is 0. The molecule has 0 saturated carbocycles. The molecule has 1 aromatic heterocycles. The van der Waals surface area contributed by atoms with E-state index in [0.29, 0.717) is 30.1 Å². The number of carbonyl (C=O) groups excluding carboxylic acids is 2. The fourth-order valence-corrected chi connectivity index (χ4v) is 3.10. The lowest BCUT2D eigenvalue weighted by Crippen LogP contribution is -2.23. The Morgan fingerprint density at radius 2 is 2.03 bits per heavy atom. The minimum Gasteiger partial charge on any atom is -0.497 e. The third kappa shape index (κ3) is 4.11. The number of ether oxygens (including phenoxy) is 2. The molecule has 3 aromatic rings. The summed E-state index contributed by atoms with van der Waals surface area (Å²) in [5.41, 5.74) is 1.90. The highest BCUT2D eigenvalue weighted by molar-refractivity contribution is 5.96. The molecule has 0 aliphatic carbocycles. The van der Waals surface area contributed by atoms with Gasteiger partial charge in [0.1, 0.15) is 5.75 Å². The van der Waals surface area contributed by atoms with Crippen molar-refractivity contribution < 1.29 is 23.6 Å². The quantitative estimate of drug-likeness (QED) is 0.593. The van der Waals surface area contributed by atoms with Crippen LogP contribution in [0.2, 0.25) is 0 Å². The summed E-state index contributed by atoms with van der Waals surface area (Å²) in [5.74, 6) is 0.846. The number of rotatable bonds is 6. The molecule has 1 saturated heterocycles. The van der Waals surface area contributed by atoms with Crippen LogP contribution in [-0.4, -0.2) is 35.7 Å². The predicted octanol–water partition coefficient (Wildman–Crippen LogP) is 3.23. The molecule has 29 heavy (non-hydrogen) atoms. The van der Waals surface area contributed by atoms with Gasteiger partial charge in [0, 0.05) is 24.2 Å². The predicted molar refractivity (Wildman–Crippen MR) is 103 cm³/mol. The van der Waals surface area contributed by atoms with E-state index in [1.54, 1.807) is 42.3 Å². The number of aromatic nitrogens is 2. The summed E-state index contributed by atoms with van der Waals surface area (Å²) in [6.45, 7) is 0.567. The van der Waals surface area contributed by atoms with Crippen LogP contribution in [0.25, 0.3) is 11.4 Å². The van der Waals surface area contributed by atoms with Gasteiger partial charge in [0.25, 0.3) is 5.89 Å². The fourth-order valence-electron chi connectivity index (χ4n) is 3.10. The minimum atomic E-state index is -0.509. The van der Waals surface area contributed by atoms with Crippen LogP contribution in [0.5, 0.6) is 5.75 Å². The second-order valence-corrected chi connectivity index (χ2v) is 6.52. The van der Waals surface area contributed by atoms with Crippen molar-refractivity contribution in [3.63, 3.8) is 0 Å². The van der Waals surface area contributed by atoms with Crippen LogP contribution in [0.4, 0.5) is 5.69 Å². The lowest BCUT2D eigenvalue weighted by Gasteiger charge is -2.15. The van der Waals surface area contributed by atoms with E-state index in [0.717, 1.165) is 17.7 Å². The normalized spacial score (nSPS) is 13.6. The van der Waals surface area contributed by atoms with Crippen molar-refractivity contribution in [2.75, 3.05) is 18.6 Å². The van der Waals surface area contributed by atoms with Gasteiger partial charge >= 0.3 is 5.97 Å². The van der Waals surface area contributed by atoms with Crippen LogP contribution < -0.4 is 9.64 Å². The molecule has 4 rings (SSSR count). The Hall–Kier alpha value is -3.68. The van der Waals surface area contributed by atoms with E-state index in [-0.39, 0.29) is 18.4 Å². The smallest absolute Gasteiger partial charge is 0.338 e. The van der Waals surface area contributed by atoms with Gasteiger partial charge in [-0.25, -0.2) is 4.79 Å². The van der Waals surface area contributed by atoms with Crippen LogP contribution in [0.3, 0.4) is 0 Å². The van der Waals surface area contributed by atoms with Gasteiger partial charge < -0.3 is 18.9 Å². The molecular formula is C21H19N3O5. The van der Waals surface area contributed by atoms with E-state index >= 15 is 0 Å². The van der Waals surface area contributed by atoms with E-state index in [9.17, 15) is 9.59 Å². The molecule has 148 valence electrons. The third-order valence-corrected chi connectivity index (χ3v) is 4.61. The van der Waals surface area contributed by atoms with Gasteiger partial charge in [-0.15, -0.1) is 0 Å². The van der Waals surface area contributed by atoms with Gasteiger partial charge in [-0.3, -0.25) is 4.79 Å². The Bertz CT molecular complexity index is 1030. The maximum absolute atomic E-state index is 12.3. The molecule has 8 heteroatoms. The van der Waals surface area contributed by atoms with Crippen molar-refractivity contribution in [2.45, 2.75) is 19.4 Å². The highest BCUT2D eigenvalue weighted by atomic mass is 16.6. The van der Waals surface area contributed by atoms with Gasteiger partial charge in [0.05, 0.1) is 12.7 Å². The van der Waals surface area contributed by atoms with Crippen molar-refractivity contribution >= 4 is 17.6 Å². The highest BCUT2D eigenvalue weighted by Crippen LogP contribution is 2.23. The van der Waals surface area contributed by atoms with E-state index < -0.39 is 5.97 Å². The molecule has 0 spiro atoms. The standard InChI is InChI=1S/C21H19N3O5/c1-27-17-5-2-4-15(12-17)20-22-18(29-23-20)13-28-21(26)14-7-9-16(10-8-14)24-11-3-6-19(24)25/h2,4-5,7-10,12H,3,6,11,13H2,1H3. The molecule has 8 nitrogen and oxygen atoms in total. The summed E-state index contributed by atoms with van der Waals surface area (Å²) >= 11 is 0. The molecule has 1 aliphatic rings. The molecule has 0 unspecified atom stereocenters. The molecule has 0 radical (unpaired) electrons. The topological polar surface area (TPSA) is 94.8 Å². The van der Waals surface area contributed by atoms with Crippen molar-refractivity contribution in [1.29, 1.82) is 0 Å². The van der Waals surface area contributed by atoms with Crippen LogP contribution in [0, 0.1) is 0 Å². The zero-order valence-corrected chi connectivity index (χ0v) is 15.8. The summed E-state index contributed by atoms with van der Waals surface area (Å²) in [7, 11) is 1.58. The third-order valence-electron chi connectivity index (χ3n) is 4.61. The Balaban J connectivity index is 1.37. The zero-order chi connectivity index (χ0) is 20.2. The van der Waals surface area contributed by atoms with Crippen LogP contribution in [0.1, 0.15) is 29.1 Å². The summed E-state index contributed by atoms with van der Waals surface area (Å²) in [4.78, 5) is 30.0. The van der Waals surface area contributed by atoms with Crippen molar-refractivity contribution in [3.05, 3.63) is 60.0 Å². The molecule has 1 aliphatic heterocycles. The van der Waals surface area contributed by atoms with Gasteiger partial charge in [0.2, 0.25) is 11.7 Å². The Morgan fingerprint density at radius 3 is 2.76 bits per heavy atom. The SMILES string of the molecule is COc1cccc(-c2noc(COC(=O)c3ccc(N4CCCC4=O)cc3)n2)c1. The lowest BCUT2D eigenvalue weighted by molar-refractivity contribution is -0.117. The maximum atomic E-state index is 12.3. The van der Waals surface area contributed by atoms with Crippen molar-refractivity contribution in [1.82, 2.24) is 10.1 Å². The van der Waals surface area contributed by atoms with Crippen LogP contribution >= 0.6 is 0 Å². The first kappa shape index (κ1) is 18.7. The van der Waals surface area contributed by atoms with Gasteiger partial charge in [-0.2, -0.15) is 4.98 Å². The first-order valence-electron chi connectivity index (χ1n) is 9.18. The summed E-state index contributed by atoms with van der Waals surface area (Å²) in [6, 6.07) is 14.0. The minimum absolute atomic E-state index is 0.101. The Labute approximate surface area is 167 Å². The molecule has 1 fully saturated rings. The van der Waals surface area contributed by atoms with Gasteiger partial charge in [0.15, 0.2) is 6.61 Å². The average molecular weight is 393 g/mol. The Kier molecular flexibility index (Phi) is 5.24. The van der Waals surface area contributed by atoms with E-state index in [2.05, 4.69) is 10.1 Å². The molecule has 1 amide bonds. The van der Waals surface area contributed by atoms with Crippen molar-refractivity contribution in [2.24, 2.45) is 0 Å². The number of methoxy groups -OCH3 is 1. The number of benzene rings is 2. The second kappa shape index (κ2) is 8.14. The average Bonchev–Trinajstić information content (AvgIpc) is 3.41. The first-order chi connectivity index (χ1) is 14.1. The number of carbonyl (C=O) groups is 2. The van der Waals surface area contributed by atoms with Gasteiger partial charge in [-0.05, 0) is 42.8 Å². The maximum Gasteiger partial charge on any atom is 0.338 e. The van der Waals surface area contributed by atoms with E-state index in [4.69, 9.17) is 14.0 Å². The molecular weight excluding hydrogens is 374 g/mol. The summed E-state index contributed by atoms with van der Waals surface area (Å²) in [5, 5.41) is 3.90. The fraction of sp³-hybridized carbons (Fsp3) is 0.238.